The molecule has 0 spiro atoms. The molecule has 176 valence electrons. The van der Waals surface area contributed by atoms with Crippen LogP contribution >= 0.6 is 11.6 Å². The van der Waals surface area contributed by atoms with Gasteiger partial charge in [-0.25, -0.2) is 8.42 Å². The van der Waals surface area contributed by atoms with Gasteiger partial charge in [-0.15, -0.1) is 0 Å². The highest BCUT2D eigenvalue weighted by atomic mass is 35.5. The zero-order valence-corrected chi connectivity index (χ0v) is 20.7. The van der Waals surface area contributed by atoms with Gasteiger partial charge in [0.25, 0.3) is 5.91 Å². The van der Waals surface area contributed by atoms with Gasteiger partial charge in [0.15, 0.2) is 11.5 Å². The van der Waals surface area contributed by atoms with E-state index in [1.54, 1.807) is 13.8 Å². The minimum atomic E-state index is -3.80. The Morgan fingerprint density at radius 3 is 2.22 bits per heavy atom. The highest BCUT2D eigenvalue weighted by Crippen LogP contribution is 2.31. The first-order valence-corrected chi connectivity index (χ1v) is 12.5. The number of carbonyl (C=O) groups excluding carboxylic acids is 1. The molecule has 1 amide bonds. The average Bonchev–Trinajstić information content (AvgIpc) is 2.76. The largest absolute Gasteiger partial charge is 0.490 e. The molecule has 32 heavy (non-hydrogen) atoms. The number of halogens is 1. The Labute approximate surface area is 195 Å². The highest BCUT2D eigenvalue weighted by molar-refractivity contribution is 7.89. The Bertz CT molecular complexity index is 1040. The summed E-state index contributed by atoms with van der Waals surface area (Å²) in [6, 6.07) is 9.41. The molecular weight excluding hydrogens is 452 g/mol. The monoisotopic (exact) mass is 482 g/mol. The second-order valence-corrected chi connectivity index (χ2v) is 9.32. The molecule has 0 saturated carbocycles. The first kappa shape index (κ1) is 26.0. The normalized spacial score (nSPS) is 12.5. The summed E-state index contributed by atoms with van der Waals surface area (Å²) in [6.45, 7) is 10.7. The van der Waals surface area contributed by atoms with Crippen molar-refractivity contribution in [2.45, 2.75) is 45.6 Å². The number of rotatable bonds is 11. The maximum absolute atomic E-state index is 12.9. The number of carbonyl (C=O) groups is 1. The van der Waals surface area contributed by atoms with E-state index in [1.807, 2.05) is 39.0 Å². The number of hydrogen-bond acceptors (Lipinski definition) is 5. The summed E-state index contributed by atoms with van der Waals surface area (Å²) in [5, 5.41) is 2.98. The molecule has 0 aliphatic carbocycles. The number of sulfonamides is 1. The molecule has 0 aromatic heterocycles. The number of nitrogens with zero attached hydrogens (tertiary/aromatic N) is 1. The average molecular weight is 483 g/mol. The van der Waals surface area contributed by atoms with Crippen molar-refractivity contribution >= 4 is 27.5 Å². The lowest BCUT2D eigenvalue weighted by molar-refractivity contribution is 0.0939. The van der Waals surface area contributed by atoms with Crippen LogP contribution in [0.25, 0.3) is 0 Å². The van der Waals surface area contributed by atoms with E-state index in [4.69, 9.17) is 21.1 Å². The van der Waals surface area contributed by atoms with E-state index in [2.05, 4.69) is 5.32 Å². The van der Waals surface area contributed by atoms with Gasteiger partial charge in [0, 0.05) is 18.7 Å². The summed E-state index contributed by atoms with van der Waals surface area (Å²) < 4.78 is 38.3. The van der Waals surface area contributed by atoms with Crippen molar-refractivity contribution in [3.05, 3.63) is 52.5 Å². The molecule has 0 aliphatic heterocycles. The van der Waals surface area contributed by atoms with Crippen molar-refractivity contribution in [1.29, 1.82) is 0 Å². The zero-order valence-electron chi connectivity index (χ0n) is 19.1. The first-order chi connectivity index (χ1) is 15.2. The van der Waals surface area contributed by atoms with Crippen LogP contribution in [0.4, 0.5) is 0 Å². The molecule has 9 heteroatoms. The second kappa shape index (κ2) is 11.5. The van der Waals surface area contributed by atoms with Crippen LogP contribution in [0.3, 0.4) is 0 Å². The topological polar surface area (TPSA) is 84.9 Å². The van der Waals surface area contributed by atoms with Crippen molar-refractivity contribution in [3.63, 3.8) is 0 Å². The Morgan fingerprint density at radius 2 is 1.62 bits per heavy atom. The van der Waals surface area contributed by atoms with E-state index in [1.165, 1.54) is 22.5 Å². The van der Waals surface area contributed by atoms with Gasteiger partial charge in [-0.1, -0.05) is 31.5 Å². The summed E-state index contributed by atoms with van der Waals surface area (Å²) in [6.07, 6.45) is 0. The van der Waals surface area contributed by atoms with Crippen LogP contribution in [-0.2, 0) is 10.0 Å². The lowest BCUT2D eigenvalue weighted by Gasteiger charge is -2.20. The SMILES string of the molecule is CCOc1ccc(C(C)NC(=O)c2ccc(Cl)c(S(=O)(=O)N(CC)CC)c2)cc1OCC. The Morgan fingerprint density at radius 1 is 1.00 bits per heavy atom. The molecule has 0 bridgehead atoms. The van der Waals surface area contributed by atoms with Gasteiger partial charge in [0.1, 0.15) is 4.90 Å². The third kappa shape index (κ3) is 5.94. The van der Waals surface area contributed by atoms with Crippen LogP contribution in [0.5, 0.6) is 11.5 Å². The molecule has 1 unspecified atom stereocenters. The molecule has 1 atom stereocenters. The van der Waals surface area contributed by atoms with Crippen molar-refractivity contribution in [1.82, 2.24) is 9.62 Å². The Hall–Kier alpha value is -2.29. The molecule has 0 heterocycles. The lowest BCUT2D eigenvalue weighted by atomic mass is 10.1. The van der Waals surface area contributed by atoms with Crippen LogP contribution in [0.2, 0.25) is 5.02 Å². The summed E-state index contributed by atoms with van der Waals surface area (Å²) in [5.41, 5.74) is 1.04. The third-order valence-corrected chi connectivity index (χ3v) is 7.46. The highest BCUT2D eigenvalue weighted by Gasteiger charge is 2.26. The van der Waals surface area contributed by atoms with Crippen LogP contribution in [-0.4, -0.2) is 44.9 Å². The van der Waals surface area contributed by atoms with E-state index in [9.17, 15) is 13.2 Å². The van der Waals surface area contributed by atoms with E-state index in [-0.39, 0.29) is 21.5 Å². The molecule has 2 rings (SSSR count). The van der Waals surface area contributed by atoms with E-state index < -0.39 is 15.9 Å². The lowest BCUT2D eigenvalue weighted by Crippen LogP contribution is -2.31. The quantitative estimate of drug-likeness (QED) is 0.503. The number of hydrogen-bond donors (Lipinski definition) is 1. The fraction of sp³-hybridized carbons (Fsp3) is 0.435. The minimum Gasteiger partial charge on any atom is -0.490 e. The van der Waals surface area contributed by atoms with Gasteiger partial charge < -0.3 is 14.8 Å². The molecule has 1 N–H and O–H groups in total. The van der Waals surface area contributed by atoms with Gasteiger partial charge in [0.2, 0.25) is 10.0 Å². The van der Waals surface area contributed by atoms with Crippen molar-refractivity contribution < 1.29 is 22.7 Å². The van der Waals surface area contributed by atoms with Crippen LogP contribution in [0.15, 0.2) is 41.3 Å². The maximum atomic E-state index is 12.9. The summed E-state index contributed by atoms with van der Waals surface area (Å²) >= 11 is 6.17. The smallest absolute Gasteiger partial charge is 0.251 e. The Balaban J connectivity index is 2.29. The van der Waals surface area contributed by atoms with Gasteiger partial charge in [0.05, 0.1) is 24.3 Å². The second-order valence-electron chi connectivity index (χ2n) is 7.00. The third-order valence-electron chi connectivity index (χ3n) is 4.93. The first-order valence-electron chi connectivity index (χ1n) is 10.7. The van der Waals surface area contributed by atoms with Crippen LogP contribution in [0.1, 0.15) is 56.6 Å². The van der Waals surface area contributed by atoms with Gasteiger partial charge in [-0.3, -0.25) is 4.79 Å². The molecule has 0 radical (unpaired) electrons. The van der Waals surface area contributed by atoms with Crippen molar-refractivity contribution in [2.24, 2.45) is 0 Å². The minimum absolute atomic E-state index is 0.0781. The standard InChI is InChI=1S/C23H31ClN2O5S/c1-6-26(7-2)32(28,29)22-15-18(10-12-19(22)24)23(27)25-16(5)17-11-13-20(30-8-3)21(14-17)31-9-4/h10-16H,6-9H2,1-5H3,(H,25,27). The van der Waals surface area contributed by atoms with Crippen LogP contribution < -0.4 is 14.8 Å². The fourth-order valence-corrected chi connectivity index (χ4v) is 5.20. The number of nitrogens with one attached hydrogen (secondary N) is 1. The van der Waals surface area contributed by atoms with Crippen molar-refractivity contribution in [2.75, 3.05) is 26.3 Å². The summed E-state index contributed by atoms with van der Waals surface area (Å²) in [5.74, 6) is 0.838. The molecule has 7 nitrogen and oxygen atoms in total. The van der Waals surface area contributed by atoms with Crippen LogP contribution in [0, 0.1) is 0 Å². The zero-order chi connectivity index (χ0) is 23.9. The predicted molar refractivity (Wildman–Crippen MR) is 126 cm³/mol. The number of benzene rings is 2. The van der Waals surface area contributed by atoms with Crippen molar-refractivity contribution in [3.8, 4) is 11.5 Å². The molecule has 2 aromatic rings. The molecule has 2 aromatic carbocycles. The number of ether oxygens (including phenoxy) is 2. The summed E-state index contributed by atoms with van der Waals surface area (Å²) in [4.78, 5) is 12.8. The molecular formula is C23H31ClN2O5S. The van der Waals surface area contributed by atoms with Gasteiger partial charge in [-0.05, 0) is 56.7 Å². The maximum Gasteiger partial charge on any atom is 0.251 e. The fourth-order valence-electron chi connectivity index (χ4n) is 3.25. The summed E-state index contributed by atoms with van der Waals surface area (Å²) in [7, 11) is -3.80. The van der Waals surface area contributed by atoms with Gasteiger partial charge in [-0.2, -0.15) is 4.31 Å². The molecule has 0 fully saturated rings. The van der Waals surface area contributed by atoms with Gasteiger partial charge >= 0.3 is 0 Å². The van der Waals surface area contributed by atoms with E-state index in [0.29, 0.717) is 37.8 Å². The predicted octanol–water partition coefficient (Wildman–Crippen LogP) is 4.66. The van der Waals surface area contributed by atoms with E-state index >= 15 is 0 Å². The number of amides is 1. The Kier molecular flexibility index (Phi) is 9.36. The molecule has 0 aliphatic rings. The molecule has 0 saturated heterocycles. The van der Waals surface area contributed by atoms with E-state index in [0.717, 1.165) is 5.56 Å².